The van der Waals surface area contributed by atoms with Gasteiger partial charge >= 0.3 is 0 Å². The first-order chi connectivity index (χ1) is 19.6. The Hall–Kier alpha value is -2.77. The summed E-state index contributed by atoms with van der Waals surface area (Å²) in [6.07, 6.45) is -0.0772. The third-order valence-electron chi connectivity index (χ3n) is 8.56. The van der Waals surface area contributed by atoms with Gasteiger partial charge in [0, 0.05) is 18.4 Å². The molecule has 3 aromatic rings. The summed E-state index contributed by atoms with van der Waals surface area (Å²) in [7, 11) is -0.993. The highest BCUT2D eigenvalue weighted by atomic mass is 28.4. The van der Waals surface area contributed by atoms with Crippen LogP contribution in [0, 0.1) is 11.8 Å². The molecule has 0 spiro atoms. The molecule has 0 aliphatic carbocycles. The van der Waals surface area contributed by atoms with Crippen molar-refractivity contribution < 1.29 is 23.4 Å². The molecule has 1 heterocycles. The Morgan fingerprint density at radius 1 is 0.854 bits per heavy atom. The summed E-state index contributed by atoms with van der Waals surface area (Å²) < 4.78 is 25.4. The van der Waals surface area contributed by atoms with E-state index in [2.05, 4.69) is 95.3 Å². The maximum absolute atomic E-state index is 12.7. The lowest BCUT2D eigenvalue weighted by atomic mass is 9.80. The number of ketones is 1. The van der Waals surface area contributed by atoms with E-state index in [1.165, 1.54) is 10.4 Å². The molecular weight excluding hydrogens is 528 g/mol. The lowest BCUT2D eigenvalue weighted by molar-refractivity contribution is -0.190. The van der Waals surface area contributed by atoms with Crippen molar-refractivity contribution >= 4 is 24.5 Å². The van der Waals surface area contributed by atoms with E-state index in [9.17, 15) is 4.79 Å². The van der Waals surface area contributed by atoms with Crippen LogP contribution in [0.5, 0.6) is 5.75 Å². The highest BCUT2D eigenvalue weighted by Gasteiger charge is 2.50. The Morgan fingerprint density at radius 2 is 1.41 bits per heavy atom. The molecule has 3 aromatic carbocycles. The van der Waals surface area contributed by atoms with E-state index in [0.717, 1.165) is 11.3 Å². The van der Waals surface area contributed by atoms with Gasteiger partial charge in [-0.15, -0.1) is 0 Å². The van der Waals surface area contributed by atoms with E-state index in [4.69, 9.17) is 18.6 Å². The largest absolute Gasteiger partial charge is 0.497 e. The number of hydrogen-bond donors (Lipinski definition) is 0. The van der Waals surface area contributed by atoms with E-state index < -0.39 is 14.4 Å². The molecule has 0 bridgehead atoms. The standard InChI is InChI=1S/C35H46O5Si/c1-25-32(40-34(27(3)36)26(2)33(25)38-24-28-18-20-29(37-7)21-19-28)22-23-39-41(35(4,5)6,30-14-10-8-11-15-30)31-16-12-9-13-17-31/h8-21,25-26,32-34H,22-24H2,1-7H3/t25-,26+,32+,33-,34-/m0/s1. The number of benzene rings is 3. The van der Waals surface area contributed by atoms with E-state index in [1.807, 2.05) is 24.3 Å². The normalized spacial score (nSPS) is 23.2. The van der Waals surface area contributed by atoms with E-state index in [0.29, 0.717) is 19.6 Å². The number of rotatable bonds is 11. The Bertz CT molecular complexity index is 1200. The van der Waals surface area contributed by atoms with Crippen LogP contribution in [-0.2, 0) is 25.3 Å². The molecule has 1 aliphatic rings. The maximum Gasteiger partial charge on any atom is 0.261 e. The Labute approximate surface area is 247 Å². The number of carbonyl (C=O) groups excluding carboxylic acids is 1. The molecule has 220 valence electrons. The molecule has 0 saturated carbocycles. The summed E-state index contributed by atoms with van der Waals surface area (Å²) in [4.78, 5) is 12.7. The van der Waals surface area contributed by atoms with E-state index in [1.54, 1.807) is 14.0 Å². The van der Waals surface area contributed by atoms with Gasteiger partial charge in [-0.25, -0.2) is 0 Å². The minimum absolute atomic E-state index is 0.0420. The Kier molecular flexibility index (Phi) is 10.2. The summed E-state index contributed by atoms with van der Waals surface area (Å²) in [5.41, 5.74) is 1.07. The number of hydrogen-bond acceptors (Lipinski definition) is 5. The van der Waals surface area contributed by atoms with Gasteiger partial charge in [0.05, 0.1) is 25.9 Å². The van der Waals surface area contributed by atoms with Crippen LogP contribution >= 0.6 is 0 Å². The topological polar surface area (TPSA) is 54.0 Å². The third kappa shape index (κ3) is 6.83. The van der Waals surface area contributed by atoms with Crippen molar-refractivity contribution in [3.63, 3.8) is 0 Å². The highest BCUT2D eigenvalue weighted by molar-refractivity contribution is 6.99. The molecular formula is C35H46O5Si. The van der Waals surface area contributed by atoms with Crippen LogP contribution in [0.4, 0.5) is 0 Å². The quantitative estimate of drug-likeness (QED) is 0.256. The molecule has 1 fully saturated rings. The third-order valence-corrected chi connectivity index (χ3v) is 13.6. The summed E-state index contributed by atoms with van der Waals surface area (Å²) >= 11 is 0. The fraction of sp³-hybridized carbons (Fsp3) is 0.457. The lowest BCUT2D eigenvalue weighted by Gasteiger charge is -2.45. The van der Waals surface area contributed by atoms with Crippen molar-refractivity contribution in [3.8, 4) is 5.75 Å². The molecule has 5 nitrogen and oxygen atoms in total. The summed E-state index contributed by atoms with van der Waals surface area (Å²) in [5.74, 6) is 0.913. The van der Waals surface area contributed by atoms with Crippen LogP contribution in [0.25, 0.3) is 0 Å². The predicted molar refractivity (Wildman–Crippen MR) is 167 cm³/mol. The van der Waals surface area contributed by atoms with E-state index >= 15 is 0 Å². The molecule has 0 radical (unpaired) electrons. The zero-order chi connectivity index (χ0) is 29.6. The van der Waals surface area contributed by atoms with Crippen molar-refractivity contribution in [1.29, 1.82) is 0 Å². The Balaban J connectivity index is 1.55. The first-order valence-corrected chi connectivity index (χ1v) is 16.6. The van der Waals surface area contributed by atoms with Gasteiger partial charge in [-0.05, 0) is 46.5 Å². The van der Waals surface area contributed by atoms with Gasteiger partial charge in [-0.2, -0.15) is 0 Å². The van der Waals surface area contributed by atoms with Gasteiger partial charge in [-0.1, -0.05) is 107 Å². The first kappa shape index (κ1) is 31.2. The molecule has 0 amide bonds. The average Bonchev–Trinajstić information content (AvgIpc) is 2.96. The number of carbonyl (C=O) groups is 1. The van der Waals surface area contributed by atoms with Gasteiger partial charge in [0.25, 0.3) is 8.32 Å². The second-order valence-corrected chi connectivity index (χ2v) is 16.7. The second-order valence-electron chi connectivity index (χ2n) is 12.3. The molecule has 0 unspecified atom stereocenters. The van der Waals surface area contributed by atoms with Gasteiger partial charge in [0.2, 0.25) is 0 Å². The zero-order valence-corrected chi connectivity index (χ0v) is 26.6. The highest BCUT2D eigenvalue weighted by Crippen LogP contribution is 2.38. The minimum Gasteiger partial charge on any atom is -0.497 e. The maximum atomic E-state index is 12.7. The summed E-state index contributed by atoms with van der Waals surface area (Å²) in [6, 6.07) is 29.3. The number of methoxy groups -OCH3 is 1. The van der Waals surface area contributed by atoms with Crippen molar-refractivity contribution in [3.05, 3.63) is 90.5 Å². The summed E-state index contributed by atoms with van der Waals surface area (Å²) in [5, 5.41) is 2.41. The molecule has 6 heteroatoms. The molecule has 0 N–H and O–H groups in total. The average molecular weight is 575 g/mol. The van der Waals surface area contributed by atoms with Crippen LogP contribution < -0.4 is 15.1 Å². The number of Topliss-reactive ketones (excluding diaryl/α,β-unsaturated/α-hetero) is 1. The molecule has 41 heavy (non-hydrogen) atoms. The van der Waals surface area contributed by atoms with Gasteiger partial charge in [-0.3, -0.25) is 4.79 Å². The second kappa shape index (κ2) is 13.5. The van der Waals surface area contributed by atoms with Crippen molar-refractivity contribution in [2.45, 2.75) is 77.9 Å². The van der Waals surface area contributed by atoms with Gasteiger partial charge < -0.3 is 18.6 Å². The number of ether oxygens (including phenoxy) is 3. The molecule has 4 rings (SSSR count). The van der Waals surface area contributed by atoms with Crippen molar-refractivity contribution in [2.24, 2.45) is 11.8 Å². The smallest absolute Gasteiger partial charge is 0.261 e. The lowest BCUT2D eigenvalue weighted by Crippen LogP contribution is -2.66. The Morgan fingerprint density at radius 3 is 1.90 bits per heavy atom. The first-order valence-electron chi connectivity index (χ1n) is 14.7. The summed E-state index contributed by atoms with van der Waals surface area (Å²) in [6.45, 7) is 13.7. The molecule has 0 aromatic heterocycles. The van der Waals surface area contributed by atoms with Gasteiger partial charge in [0.1, 0.15) is 11.9 Å². The van der Waals surface area contributed by atoms with Crippen molar-refractivity contribution in [1.82, 2.24) is 0 Å². The fourth-order valence-corrected chi connectivity index (χ4v) is 11.0. The monoisotopic (exact) mass is 574 g/mol. The molecule has 5 atom stereocenters. The van der Waals surface area contributed by atoms with Crippen LogP contribution in [0.15, 0.2) is 84.9 Å². The fourth-order valence-electron chi connectivity index (χ4n) is 6.40. The van der Waals surface area contributed by atoms with Crippen molar-refractivity contribution in [2.75, 3.05) is 13.7 Å². The SMILES string of the molecule is COc1ccc(CO[C@@H]2[C@@H](C)[C@@H](C(C)=O)O[C@H](CCO[Si](c3ccccc3)(c3ccccc3)C(C)(C)C)[C@@H]2C)cc1. The minimum atomic E-state index is -2.66. The predicted octanol–water partition coefficient (Wildman–Crippen LogP) is 6.18. The van der Waals surface area contributed by atoms with Crippen LogP contribution in [0.1, 0.15) is 53.5 Å². The van der Waals surface area contributed by atoms with Crippen LogP contribution in [0.3, 0.4) is 0 Å². The van der Waals surface area contributed by atoms with Crippen LogP contribution in [0.2, 0.25) is 5.04 Å². The molecule has 1 aliphatic heterocycles. The molecule has 1 saturated heterocycles. The zero-order valence-electron chi connectivity index (χ0n) is 25.6. The van der Waals surface area contributed by atoms with E-state index in [-0.39, 0.29) is 34.9 Å². The van der Waals surface area contributed by atoms with Crippen LogP contribution in [-0.4, -0.2) is 46.1 Å². The van der Waals surface area contributed by atoms with Gasteiger partial charge in [0.15, 0.2) is 5.78 Å².